The molecule has 0 saturated carbocycles. The molecule has 2 rings (SSSR count). The van der Waals surface area contributed by atoms with Crippen LogP contribution in [0.1, 0.15) is 0 Å². The fraction of sp³-hybridized carbons (Fsp3) is 0. The lowest BCUT2D eigenvalue weighted by Gasteiger charge is -1.99. The van der Waals surface area contributed by atoms with Gasteiger partial charge in [0.25, 0.3) is 0 Å². The van der Waals surface area contributed by atoms with Crippen LogP contribution in [0.3, 0.4) is 0 Å². The highest BCUT2D eigenvalue weighted by Gasteiger charge is 2.27. The van der Waals surface area contributed by atoms with Crippen LogP contribution in [-0.4, -0.2) is 6.98 Å². The second-order valence-electron chi connectivity index (χ2n) is 3.16. The Morgan fingerprint density at radius 2 is 1.69 bits per heavy atom. The Hall–Kier alpha value is -2.24. The van der Waals surface area contributed by atoms with Gasteiger partial charge in [0.15, 0.2) is 0 Å². The van der Waals surface area contributed by atoms with Crippen LogP contribution in [-0.2, 0) is 0 Å². The minimum absolute atomic E-state index is 0.385. The van der Waals surface area contributed by atoms with Gasteiger partial charge in [-0.05, 0) is 6.07 Å². The van der Waals surface area contributed by atoms with Gasteiger partial charge in [-0.1, -0.05) is 40.5 Å². The number of furan rings is 1. The molecule has 78 valence electrons. The molecule has 0 aliphatic rings. The summed E-state index contributed by atoms with van der Waals surface area (Å²) in [4.78, 5) is 20.9. The van der Waals surface area contributed by atoms with Crippen molar-refractivity contribution in [3.63, 3.8) is 0 Å². The second-order valence-corrected chi connectivity index (χ2v) is 3.16. The van der Waals surface area contributed by atoms with Crippen molar-refractivity contribution in [2.45, 2.75) is 0 Å². The van der Waals surface area contributed by atoms with Gasteiger partial charge in [-0.15, -0.1) is 0 Å². The molecule has 5 nitrogen and oxygen atoms in total. The number of nitroso groups, excluding NO2 is 2. The van der Waals surface area contributed by atoms with Gasteiger partial charge in [0.2, 0.25) is 0 Å². The van der Waals surface area contributed by atoms with Crippen LogP contribution < -0.4 is 5.46 Å². The summed E-state index contributed by atoms with van der Waals surface area (Å²) < 4.78 is 5.24. The molecule has 1 heterocycles. The monoisotopic (exact) mass is 214 g/mol. The van der Waals surface area contributed by atoms with Crippen molar-refractivity contribution >= 4 is 12.4 Å². The maximum absolute atomic E-state index is 10.4. The smallest absolute Gasteiger partial charge is 0.465 e. The Bertz CT molecular complexity index is 490. The number of hydrogen-bond acceptors (Lipinski definition) is 5. The fourth-order valence-electron chi connectivity index (χ4n) is 1.48. The molecule has 0 fully saturated rings. The second kappa shape index (κ2) is 4.52. The molecule has 0 aliphatic carbocycles. The van der Waals surface area contributed by atoms with Crippen molar-refractivity contribution in [1.29, 1.82) is 0 Å². The van der Waals surface area contributed by atoms with Crippen molar-refractivity contribution in [2.75, 3.05) is 0 Å². The normalized spacial score (nSPS) is 9.75. The highest BCUT2D eigenvalue weighted by Crippen LogP contribution is 2.18. The fourth-order valence-corrected chi connectivity index (χ4v) is 1.48. The lowest BCUT2D eigenvalue weighted by atomic mass is 9.70. The van der Waals surface area contributed by atoms with E-state index in [1.54, 1.807) is 0 Å². The summed E-state index contributed by atoms with van der Waals surface area (Å²) >= 11 is 0. The van der Waals surface area contributed by atoms with Gasteiger partial charge >= 0.3 is 6.98 Å². The number of rotatable bonds is 4. The average molecular weight is 214 g/mol. The van der Waals surface area contributed by atoms with Crippen LogP contribution in [0.5, 0.6) is 0 Å². The molecule has 0 aliphatic heterocycles. The molecule has 1 aromatic heterocycles. The Balaban J connectivity index is 2.47. The van der Waals surface area contributed by atoms with Gasteiger partial charge in [-0.25, -0.2) is 0 Å². The van der Waals surface area contributed by atoms with E-state index in [2.05, 4.69) is 10.2 Å². The molecule has 0 atom stereocenters. The van der Waals surface area contributed by atoms with Crippen LogP contribution in [0.4, 0.5) is 0 Å². The van der Waals surface area contributed by atoms with E-state index in [0.717, 1.165) is 5.56 Å². The maximum Gasteiger partial charge on any atom is 0.552 e. The van der Waals surface area contributed by atoms with E-state index in [4.69, 9.17) is 4.42 Å². The van der Waals surface area contributed by atoms with Gasteiger partial charge in [0.1, 0.15) is 5.76 Å². The molecule has 6 heteroatoms. The predicted molar refractivity (Wildman–Crippen MR) is 61.1 cm³/mol. The van der Waals surface area contributed by atoms with Crippen LogP contribution in [0, 0.1) is 9.81 Å². The van der Waals surface area contributed by atoms with Crippen LogP contribution in [0.2, 0.25) is 0 Å². The first-order valence-electron chi connectivity index (χ1n) is 4.64. The van der Waals surface area contributed by atoms with Gasteiger partial charge in [0, 0.05) is 11.0 Å². The SMILES string of the molecule is O=NB(N=O)c1ccoc1-c1ccccc1. The molecule has 2 aromatic rings. The Morgan fingerprint density at radius 1 is 1.00 bits per heavy atom. The van der Waals surface area contributed by atoms with Crippen molar-refractivity contribution in [3.05, 3.63) is 52.5 Å². The lowest BCUT2D eigenvalue weighted by molar-refractivity contribution is 0.583. The summed E-state index contributed by atoms with van der Waals surface area (Å²) in [7, 11) is 0. The van der Waals surface area contributed by atoms with E-state index in [1.165, 1.54) is 12.3 Å². The average Bonchev–Trinajstić information content (AvgIpc) is 2.81. The summed E-state index contributed by atoms with van der Waals surface area (Å²) in [6.07, 6.45) is 1.40. The molecule has 0 saturated heterocycles. The van der Waals surface area contributed by atoms with Gasteiger partial charge in [0.05, 0.1) is 6.26 Å². The van der Waals surface area contributed by atoms with Gasteiger partial charge in [-0.3, -0.25) is 0 Å². The molecular formula is C10H7BN2O3. The molecule has 0 radical (unpaired) electrons. The molecule has 0 unspecified atom stereocenters. The minimum atomic E-state index is -1.26. The first-order chi connectivity index (χ1) is 7.86. The van der Waals surface area contributed by atoms with E-state index in [1.807, 2.05) is 30.3 Å². The number of benzene rings is 1. The third-order valence-corrected chi connectivity index (χ3v) is 2.21. The summed E-state index contributed by atoms with van der Waals surface area (Å²) in [6, 6.07) is 10.7. The minimum Gasteiger partial charge on any atom is -0.465 e. The van der Waals surface area contributed by atoms with E-state index in [9.17, 15) is 9.81 Å². The number of nitrogens with zero attached hydrogens (tertiary/aromatic N) is 2. The molecular weight excluding hydrogens is 207 g/mol. The van der Waals surface area contributed by atoms with Crippen LogP contribution in [0.25, 0.3) is 11.3 Å². The van der Waals surface area contributed by atoms with Crippen LogP contribution in [0.15, 0.2) is 57.3 Å². The van der Waals surface area contributed by atoms with E-state index in [-0.39, 0.29) is 0 Å². The zero-order valence-corrected chi connectivity index (χ0v) is 8.24. The third-order valence-electron chi connectivity index (χ3n) is 2.21. The Kier molecular flexibility index (Phi) is 2.91. The standard InChI is InChI=1S/C10H7BN2O3/c14-12-11(13-15)9-6-7-16-10(9)8-4-2-1-3-5-8/h1-7H. The Labute approximate surface area is 91.5 Å². The van der Waals surface area contributed by atoms with Crippen LogP contribution >= 0.6 is 0 Å². The highest BCUT2D eigenvalue weighted by atomic mass is 16.3. The quantitative estimate of drug-likeness (QED) is 0.578. The first-order valence-corrected chi connectivity index (χ1v) is 4.64. The Morgan fingerprint density at radius 3 is 2.31 bits per heavy atom. The molecule has 0 spiro atoms. The largest absolute Gasteiger partial charge is 0.552 e. The van der Waals surface area contributed by atoms with Gasteiger partial charge in [-0.2, -0.15) is 9.81 Å². The molecule has 16 heavy (non-hydrogen) atoms. The molecule has 0 amide bonds. The third kappa shape index (κ3) is 1.77. The summed E-state index contributed by atoms with van der Waals surface area (Å²) in [5, 5.41) is 5.29. The molecule has 1 aromatic carbocycles. The number of hydrogen-bond donors (Lipinski definition) is 0. The zero-order chi connectivity index (χ0) is 11.4. The van der Waals surface area contributed by atoms with E-state index >= 15 is 0 Å². The zero-order valence-electron chi connectivity index (χ0n) is 8.24. The predicted octanol–water partition coefficient (Wildman–Crippen LogP) is 2.17. The lowest BCUT2D eigenvalue weighted by Crippen LogP contribution is -2.25. The van der Waals surface area contributed by atoms with Crippen molar-refractivity contribution < 1.29 is 4.42 Å². The summed E-state index contributed by atoms with van der Waals surface area (Å²) in [6.45, 7) is -1.26. The van der Waals surface area contributed by atoms with E-state index in [0.29, 0.717) is 11.2 Å². The summed E-state index contributed by atoms with van der Waals surface area (Å²) in [5.41, 5.74) is 1.16. The van der Waals surface area contributed by atoms with Crippen molar-refractivity contribution in [3.8, 4) is 11.3 Å². The first kappa shape index (κ1) is 10.3. The molecule has 0 bridgehead atoms. The maximum atomic E-state index is 10.4. The van der Waals surface area contributed by atoms with Crippen molar-refractivity contribution in [1.82, 2.24) is 0 Å². The summed E-state index contributed by atoms with van der Waals surface area (Å²) in [5.74, 6) is 0.449. The topological polar surface area (TPSA) is 72.0 Å². The van der Waals surface area contributed by atoms with Gasteiger partial charge < -0.3 is 4.42 Å². The van der Waals surface area contributed by atoms with E-state index < -0.39 is 6.98 Å². The highest BCUT2D eigenvalue weighted by molar-refractivity contribution is 6.71. The van der Waals surface area contributed by atoms with Crippen molar-refractivity contribution in [2.24, 2.45) is 10.2 Å². The molecule has 0 N–H and O–H groups in total.